The number of Topliss-reactive ketones (excluding diaryl/α,β-unsaturated/α-hetero) is 1. The summed E-state index contributed by atoms with van der Waals surface area (Å²) in [5.74, 6) is 1.71. The predicted molar refractivity (Wildman–Crippen MR) is 115 cm³/mol. The first kappa shape index (κ1) is 20.8. The van der Waals surface area contributed by atoms with Crippen molar-refractivity contribution in [2.45, 2.75) is 31.8 Å². The molecule has 1 fully saturated rings. The van der Waals surface area contributed by atoms with Crippen molar-refractivity contribution in [2.75, 3.05) is 26.2 Å². The van der Waals surface area contributed by atoms with Crippen molar-refractivity contribution in [2.24, 2.45) is 0 Å². The minimum Gasteiger partial charge on any atom is -0.491 e. The minimum absolute atomic E-state index is 0.0200. The fourth-order valence-corrected chi connectivity index (χ4v) is 3.95. The Morgan fingerprint density at radius 1 is 1.27 bits per heavy atom. The number of carbonyl (C=O) groups excluding carboxylic acids is 1. The monoisotopic (exact) mass is 428 g/mol. The molecule has 1 unspecified atom stereocenters. The van der Waals surface area contributed by atoms with E-state index in [0.717, 1.165) is 42.9 Å². The number of carbonyl (C=O) groups is 1. The van der Waals surface area contributed by atoms with Crippen molar-refractivity contribution >= 4 is 28.5 Å². The zero-order valence-corrected chi connectivity index (χ0v) is 17.6. The first-order valence-electron chi connectivity index (χ1n) is 10.2. The van der Waals surface area contributed by atoms with E-state index in [2.05, 4.69) is 9.88 Å². The number of benzene rings is 2. The summed E-state index contributed by atoms with van der Waals surface area (Å²) in [6, 6.07) is 12.5. The maximum atomic E-state index is 11.3. The van der Waals surface area contributed by atoms with Crippen LogP contribution in [0.4, 0.5) is 0 Å². The van der Waals surface area contributed by atoms with E-state index in [1.54, 1.807) is 24.3 Å². The van der Waals surface area contributed by atoms with Crippen LogP contribution in [0.25, 0.3) is 11.1 Å². The lowest BCUT2D eigenvalue weighted by atomic mass is 9.96. The number of hydrogen-bond acceptors (Lipinski definition) is 6. The van der Waals surface area contributed by atoms with E-state index in [1.807, 2.05) is 18.2 Å². The Hall–Kier alpha value is -2.41. The van der Waals surface area contributed by atoms with Crippen molar-refractivity contribution < 1.29 is 19.1 Å². The van der Waals surface area contributed by atoms with Crippen molar-refractivity contribution in [1.29, 1.82) is 0 Å². The zero-order chi connectivity index (χ0) is 21.1. The Labute approximate surface area is 180 Å². The molecule has 6 nitrogen and oxygen atoms in total. The van der Waals surface area contributed by atoms with Crippen LogP contribution in [-0.2, 0) is 0 Å². The lowest BCUT2D eigenvalue weighted by Crippen LogP contribution is -2.40. The second kappa shape index (κ2) is 9.16. The summed E-state index contributed by atoms with van der Waals surface area (Å²) in [4.78, 5) is 18.2. The van der Waals surface area contributed by atoms with Gasteiger partial charge in [-0.1, -0.05) is 11.6 Å². The molecule has 2 aromatic carbocycles. The molecule has 158 valence electrons. The van der Waals surface area contributed by atoms with E-state index in [-0.39, 0.29) is 18.3 Å². The Morgan fingerprint density at radius 3 is 2.70 bits per heavy atom. The van der Waals surface area contributed by atoms with Gasteiger partial charge in [0.25, 0.3) is 0 Å². The summed E-state index contributed by atoms with van der Waals surface area (Å²) in [5.41, 5.74) is 2.21. The van der Waals surface area contributed by atoms with Gasteiger partial charge in [-0.2, -0.15) is 0 Å². The molecule has 0 aliphatic carbocycles. The molecule has 1 atom stereocenters. The first-order chi connectivity index (χ1) is 14.5. The molecule has 1 saturated heterocycles. The summed E-state index contributed by atoms with van der Waals surface area (Å²) in [7, 11) is 0. The lowest BCUT2D eigenvalue weighted by molar-refractivity contribution is 0.0583. The van der Waals surface area contributed by atoms with Gasteiger partial charge in [0, 0.05) is 23.0 Å². The third kappa shape index (κ3) is 5.01. The lowest BCUT2D eigenvalue weighted by Gasteiger charge is -2.31. The fraction of sp³-hybridized carbons (Fsp3) is 0.391. The van der Waals surface area contributed by atoms with Gasteiger partial charge < -0.3 is 19.2 Å². The van der Waals surface area contributed by atoms with Gasteiger partial charge in [0.05, 0.1) is 0 Å². The number of oxazole rings is 1. The molecule has 1 aromatic heterocycles. The predicted octanol–water partition coefficient (Wildman–Crippen LogP) is 4.30. The van der Waals surface area contributed by atoms with Crippen LogP contribution in [0.2, 0.25) is 5.02 Å². The molecular weight excluding hydrogens is 404 g/mol. The summed E-state index contributed by atoms with van der Waals surface area (Å²) < 4.78 is 11.6. The second-order valence-electron chi connectivity index (χ2n) is 7.78. The van der Waals surface area contributed by atoms with Gasteiger partial charge in [0.15, 0.2) is 17.3 Å². The average Bonchev–Trinajstić information content (AvgIpc) is 3.16. The van der Waals surface area contributed by atoms with Gasteiger partial charge in [-0.05, 0) is 75.3 Å². The number of aromatic nitrogens is 1. The van der Waals surface area contributed by atoms with E-state index in [9.17, 15) is 9.90 Å². The number of aliphatic hydroxyl groups excluding tert-OH is 1. The second-order valence-corrected chi connectivity index (χ2v) is 8.22. The van der Waals surface area contributed by atoms with E-state index in [1.165, 1.54) is 6.92 Å². The number of piperidine rings is 1. The van der Waals surface area contributed by atoms with Crippen molar-refractivity contribution in [3.8, 4) is 5.75 Å². The number of hydrogen-bond donors (Lipinski definition) is 1. The Balaban J connectivity index is 1.24. The van der Waals surface area contributed by atoms with Crippen LogP contribution in [0, 0.1) is 0 Å². The number of likely N-dealkylation sites (tertiary alicyclic amines) is 1. The number of β-amino-alcohol motifs (C(OH)–C–C–N with tert-alkyl or cyclic N) is 1. The van der Waals surface area contributed by atoms with E-state index < -0.39 is 6.10 Å². The van der Waals surface area contributed by atoms with Crippen LogP contribution < -0.4 is 4.74 Å². The Kier molecular flexibility index (Phi) is 6.37. The van der Waals surface area contributed by atoms with Gasteiger partial charge >= 0.3 is 0 Å². The molecule has 1 aliphatic heterocycles. The number of ether oxygens (including phenoxy) is 1. The molecule has 0 radical (unpaired) electrons. The highest BCUT2D eigenvalue weighted by Gasteiger charge is 2.26. The summed E-state index contributed by atoms with van der Waals surface area (Å²) >= 11 is 6.03. The van der Waals surface area contributed by atoms with Gasteiger partial charge in [-0.25, -0.2) is 4.98 Å². The van der Waals surface area contributed by atoms with Gasteiger partial charge in [-0.3, -0.25) is 4.79 Å². The summed E-state index contributed by atoms with van der Waals surface area (Å²) in [6.45, 7) is 4.04. The summed E-state index contributed by atoms with van der Waals surface area (Å²) in [6.07, 6.45) is 1.28. The number of rotatable bonds is 7. The maximum Gasteiger partial charge on any atom is 0.198 e. The van der Waals surface area contributed by atoms with E-state index in [4.69, 9.17) is 20.8 Å². The molecule has 1 aliphatic rings. The van der Waals surface area contributed by atoms with Crippen molar-refractivity contribution in [3.63, 3.8) is 0 Å². The average molecular weight is 429 g/mol. The molecule has 0 spiro atoms. The molecule has 7 heteroatoms. The molecule has 3 aromatic rings. The fourth-order valence-electron chi connectivity index (χ4n) is 3.78. The summed E-state index contributed by atoms with van der Waals surface area (Å²) in [5, 5.41) is 11.0. The third-order valence-corrected chi connectivity index (χ3v) is 5.71. The van der Waals surface area contributed by atoms with Crippen LogP contribution in [0.3, 0.4) is 0 Å². The van der Waals surface area contributed by atoms with Gasteiger partial charge in [0.1, 0.15) is 24.0 Å². The number of fused-ring (bicyclic) bond motifs is 1. The van der Waals surface area contributed by atoms with Crippen molar-refractivity contribution in [3.05, 3.63) is 58.9 Å². The van der Waals surface area contributed by atoms with Crippen LogP contribution in [0.15, 0.2) is 46.9 Å². The molecule has 4 rings (SSSR count). The highest BCUT2D eigenvalue weighted by molar-refractivity contribution is 6.31. The molecule has 0 saturated carbocycles. The maximum absolute atomic E-state index is 11.3. The highest BCUT2D eigenvalue weighted by atomic mass is 35.5. The molecule has 0 amide bonds. The molecule has 2 heterocycles. The van der Waals surface area contributed by atoms with E-state index >= 15 is 0 Å². The first-order valence-corrected chi connectivity index (χ1v) is 10.6. The van der Waals surface area contributed by atoms with Crippen LogP contribution in [0.1, 0.15) is 41.9 Å². The molecule has 1 N–H and O–H groups in total. The van der Waals surface area contributed by atoms with Crippen molar-refractivity contribution in [1.82, 2.24) is 9.88 Å². The standard InChI is InChI=1S/C23H25ClN2O4/c1-15(27)16-2-5-20(6-3-16)29-14-19(28)13-26-10-8-17(9-11-26)23-25-21-12-18(24)4-7-22(21)30-23/h2-7,12,17,19,28H,8-11,13-14H2,1H3. The number of ketones is 1. The third-order valence-electron chi connectivity index (χ3n) is 5.48. The quantitative estimate of drug-likeness (QED) is 0.565. The smallest absolute Gasteiger partial charge is 0.198 e. The van der Waals surface area contributed by atoms with Crippen LogP contribution >= 0.6 is 11.6 Å². The topological polar surface area (TPSA) is 75.8 Å². The SMILES string of the molecule is CC(=O)c1ccc(OCC(O)CN2CCC(c3nc4cc(Cl)ccc4o3)CC2)cc1. The Bertz CT molecular complexity index is 1010. The number of halogens is 1. The van der Waals surface area contributed by atoms with E-state index in [0.29, 0.717) is 22.9 Å². The minimum atomic E-state index is -0.583. The highest BCUT2D eigenvalue weighted by Crippen LogP contribution is 2.30. The normalized spacial score (nSPS) is 16.6. The van der Waals surface area contributed by atoms with Gasteiger partial charge in [0.2, 0.25) is 0 Å². The molecule has 30 heavy (non-hydrogen) atoms. The Morgan fingerprint density at radius 2 is 2.00 bits per heavy atom. The molecule has 0 bridgehead atoms. The number of nitrogens with zero attached hydrogens (tertiary/aromatic N) is 2. The number of aliphatic hydroxyl groups is 1. The molecular formula is C23H25ClN2O4. The zero-order valence-electron chi connectivity index (χ0n) is 16.9. The van der Waals surface area contributed by atoms with Gasteiger partial charge in [-0.15, -0.1) is 0 Å². The van der Waals surface area contributed by atoms with Crippen LogP contribution in [-0.4, -0.2) is 53.1 Å². The van der Waals surface area contributed by atoms with Crippen LogP contribution in [0.5, 0.6) is 5.75 Å². The largest absolute Gasteiger partial charge is 0.491 e.